The van der Waals surface area contributed by atoms with Crippen molar-refractivity contribution in [3.05, 3.63) is 34.6 Å². The Morgan fingerprint density at radius 2 is 2.29 bits per heavy atom. The normalized spacial score (nSPS) is 23.0. The summed E-state index contributed by atoms with van der Waals surface area (Å²) in [4.78, 5) is 18.7. The highest BCUT2D eigenvalue weighted by Crippen LogP contribution is 2.47. The van der Waals surface area contributed by atoms with E-state index in [1.165, 1.54) is 7.11 Å². The number of methoxy groups -OCH3 is 1. The Hall–Kier alpha value is -2.06. The summed E-state index contributed by atoms with van der Waals surface area (Å²) in [6.45, 7) is 5.84. The van der Waals surface area contributed by atoms with E-state index in [9.17, 15) is 4.79 Å². The van der Waals surface area contributed by atoms with Gasteiger partial charge in [-0.1, -0.05) is 18.5 Å². The minimum absolute atomic E-state index is 0.0258. The number of fused-ring (bicyclic) bond motifs is 3. The number of anilines is 2. The highest BCUT2D eigenvalue weighted by Gasteiger charge is 2.48. The van der Waals surface area contributed by atoms with Gasteiger partial charge in [0.25, 0.3) is 0 Å². The third-order valence-corrected chi connectivity index (χ3v) is 6.92. The molecule has 0 aliphatic carbocycles. The van der Waals surface area contributed by atoms with Gasteiger partial charge >= 0.3 is 5.97 Å². The highest BCUT2D eigenvalue weighted by molar-refractivity contribution is 7.99. The van der Waals surface area contributed by atoms with E-state index in [-0.39, 0.29) is 11.5 Å². The van der Waals surface area contributed by atoms with E-state index < -0.39 is 0 Å². The van der Waals surface area contributed by atoms with Crippen LogP contribution in [0.4, 0.5) is 11.5 Å². The van der Waals surface area contributed by atoms with Crippen molar-refractivity contribution < 1.29 is 9.53 Å². The van der Waals surface area contributed by atoms with Crippen LogP contribution in [0, 0.1) is 6.92 Å². The maximum absolute atomic E-state index is 11.8. The molecule has 2 aliphatic heterocycles. The van der Waals surface area contributed by atoms with Crippen LogP contribution in [0.2, 0.25) is 5.15 Å². The van der Waals surface area contributed by atoms with Crippen LogP contribution in [0.15, 0.2) is 23.4 Å². The molecule has 9 heteroatoms. The van der Waals surface area contributed by atoms with Crippen molar-refractivity contribution in [1.82, 2.24) is 15.2 Å². The van der Waals surface area contributed by atoms with Gasteiger partial charge < -0.3 is 15.0 Å². The van der Waals surface area contributed by atoms with E-state index in [1.54, 1.807) is 18.0 Å². The van der Waals surface area contributed by atoms with Crippen LogP contribution in [0.1, 0.15) is 35.7 Å². The fraction of sp³-hybridized carbons (Fsp3) is 0.474. The zero-order chi connectivity index (χ0) is 19.9. The molecule has 2 aromatic rings. The summed E-state index contributed by atoms with van der Waals surface area (Å²) in [5.74, 6) is 0.431. The Balaban J connectivity index is 1.57. The maximum Gasteiger partial charge on any atom is 0.339 e. The molecule has 0 bridgehead atoms. The first-order chi connectivity index (χ1) is 13.5. The Kier molecular flexibility index (Phi) is 5.09. The van der Waals surface area contributed by atoms with E-state index in [1.807, 2.05) is 19.1 Å². The summed E-state index contributed by atoms with van der Waals surface area (Å²) in [5, 5.41) is 13.3. The van der Waals surface area contributed by atoms with Crippen LogP contribution in [0.5, 0.6) is 0 Å². The first-order valence-electron chi connectivity index (χ1n) is 9.22. The van der Waals surface area contributed by atoms with Crippen molar-refractivity contribution in [3.63, 3.8) is 0 Å². The topological polar surface area (TPSA) is 80.2 Å². The number of rotatable bonds is 4. The number of hydrogen-bond donors (Lipinski definition) is 1. The van der Waals surface area contributed by atoms with Crippen molar-refractivity contribution in [1.29, 1.82) is 0 Å². The Morgan fingerprint density at radius 1 is 1.46 bits per heavy atom. The standard InChI is InChI=1S/C19H22ClN5O2S/c1-4-19-7-12(28-16-5-11(2)13(8-21-16)18(26)27-3)9-25(19)14-6-15(20)23-24-17(14)22-10-19/h5-6,8,12H,4,7,9-10H2,1-3H3,(H,22,24)/t12-,19-/m1/s1. The largest absolute Gasteiger partial charge is 0.465 e. The molecule has 2 atom stereocenters. The van der Waals surface area contributed by atoms with E-state index in [0.717, 1.165) is 48.0 Å². The molecule has 7 nitrogen and oxygen atoms in total. The lowest BCUT2D eigenvalue weighted by Crippen LogP contribution is -2.52. The van der Waals surface area contributed by atoms with E-state index in [0.29, 0.717) is 16.0 Å². The summed E-state index contributed by atoms with van der Waals surface area (Å²) in [7, 11) is 1.38. The van der Waals surface area contributed by atoms with Crippen molar-refractivity contribution in [2.45, 2.75) is 42.5 Å². The number of carbonyl (C=O) groups excluding carboxylic acids is 1. The Morgan fingerprint density at radius 3 is 3.00 bits per heavy atom. The summed E-state index contributed by atoms with van der Waals surface area (Å²) in [6.07, 6.45) is 3.65. The smallest absolute Gasteiger partial charge is 0.339 e. The van der Waals surface area contributed by atoms with Gasteiger partial charge in [-0.15, -0.1) is 22.0 Å². The first kappa shape index (κ1) is 19.3. The molecule has 2 aromatic heterocycles. The lowest BCUT2D eigenvalue weighted by molar-refractivity contribution is 0.0599. The second kappa shape index (κ2) is 7.40. The lowest BCUT2D eigenvalue weighted by atomic mass is 9.90. The SMILES string of the molecule is CC[C@@]12CNc3nnc(Cl)cc3N1C[C@H](Sc1cc(C)c(C(=O)OC)cn1)C2. The van der Waals surface area contributed by atoms with Crippen molar-refractivity contribution in [3.8, 4) is 0 Å². The lowest BCUT2D eigenvalue weighted by Gasteiger charge is -2.43. The fourth-order valence-corrected chi connectivity index (χ4v) is 5.54. The number of esters is 1. The molecule has 0 spiro atoms. The zero-order valence-corrected chi connectivity index (χ0v) is 17.6. The van der Waals surface area contributed by atoms with Crippen LogP contribution >= 0.6 is 23.4 Å². The first-order valence-corrected chi connectivity index (χ1v) is 10.5. The summed E-state index contributed by atoms with van der Waals surface area (Å²) in [5.41, 5.74) is 2.42. The van der Waals surface area contributed by atoms with E-state index in [4.69, 9.17) is 16.3 Å². The molecule has 0 unspecified atom stereocenters. The molecule has 148 valence electrons. The monoisotopic (exact) mass is 419 g/mol. The second-order valence-corrected chi connectivity index (χ2v) is 8.92. The van der Waals surface area contributed by atoms with Gasteiger partial charge in [0.1, 0.15) is 0 Å². The molecule has 0 saturated carbocycles. The third-order valence-electron chi connectivity index (χ3n) is 5.62. The van der Waals surface area contributed by atoms with E-state index >= 15 is 0 Å². The molecular formula is C19H22ClN5O2S. The number of nitrogens with zero attached hydrogens (tertiary/aromatic N) is 4. The summed E-state index contributed by atoms with van der Waals surface area (Å²) in [6, 6.07) is 3.85. The molecule has 0 aromatic carbocycles. The number of aromatic nitrogens is 3. The fourth-order valence-electron chi connectivity index (χ4n) is 4.08. The van der Waals surface area contributed by atoms with Gasteiger partial charge in [0.15, 0.2) is 11.0 Å². The van der Waals surface area contributed by atoms with Crippen LogP contribution in [0.25, 0.3) is 0 Å². The third kappa shape index (κ3) is 3.28. The molecule has 28 heavy (non-hydrogen) atoms. The Labute approximate surface area is 173 Å². The number of halogens is 1. The number of thioether (sulfide) groups is 1. The number of ether oxygens (including phenoxy) is 1. The zero-order valence-electron chi connectivity index (χ0n) is 16.0. The predicted octanol–water partition coefficient (Wildman–Crippen LogP) is 3.57. The second-order valence-electron chi connectivity index (χ2n) is 7.22. The molecule has 0 amide bonds. The molecule has 4 heterocycles. The minimum Gasteiger partial charge on any atom is -0.465 e. The molecule has 0 radical (unpaired) electrons. The molecule has 1 fully saturated rings. The number of carbonyl (C=O) groups is 1. The highest BCUT2D eigenvalue weighted by atomic mass is 35.5. The molecule has 4 rings (SSSR count). The van der Waals surface area contributed by atoms with Crippen LogP contribution < -0.4 is 10.2 Å². The van der Waals surface area contributed by atoms with Gasteiger partial charge in [-0.05, 0) is 31.4 Å². The number of pyridine rings is 1. The quantitative estimate of drug-likeness (QED) is 0.753. The van der Waals surface area contributed by atoms with Gasteiger partial charge in [-0.25, -0.2) is 9.78 Å². The number of nitrogens with one attached hydrogen (secondary N) is 1. The molecule has 2 aliphatic rings. The van der Waals surface area contributed by atoms with Gasteiger partial charge in [-0.3, -0.25) is 0 Å². The van der Waals surface area contributed by atoms with Crippen molar-refractivity contribution in [2.24, 2.45) is 0 Å². The number of hydrogen-bond acceptors (Lipinski definition) is 8. The molecular weight excluding hydrogens is 398 g/mol. The predicted molar refractivity (Wildman–Crippen MR) is 110 cm³/mol. The van der Waals surface area contributed by atoms with Crippen LogP contribution in [0.3, 0.4) is 0 Å². The molecule has 1 N–H and O–H groups in total. The summed E-state index contributed by atoms with van der Waals surface area (Å²) >= 11 is 7.86. The van der Waals surface area contributed by atoms with Crippen LogP contribution in [-0.2, 0) is 4.74 Å². The van der Waals surface area contributed by atoms with Gasteiger partial charge in [-0.2, -0.15) is 0 Å². The van der Waals surface area contributed by atoms with Crippen molar-refractivity contribution >= 4 is 40.8 Å². The van der Waals surface area contributed by atoms with Gasteiger partial charge in [0.2, 0.25) is 0 Å². The average molecular weight is 420 g/mol. The van der Waals surface area contributed by atoms with Gasteiger partial charge in [0.05, 0.1) is 28.9 Å². The van der Waals surface area contributed by atoms with Crippen molar-refractivity contribution in [2.75, 3.05) is 30.4 Å². The van der Waals surface area contributed by atoms with E-state index in [2.05, 4.69) is 32.3 Å². The van der Waals surface area contributed by atoms with Gasteiger partial charge in [0, 0.05) is 30.6 Å². The molecule has 1 saturated heterocycles. The summed E-state index contributed by atoms with van der Waals surface area (Å²) < 4.78 is 4.80. The minimum atomic E-state index is -0.356. The number of aryl methyl sites for hydroxylation is 1. The Bertz CT molecular complexity index is 927. The maximum atomic E-state index is 11.8. The average Bonchev–Trinajstić information content (AvgIpc) is 3.06. The van der Waals surface area contributed by atoms with Crippen LogP contribution in [-0.4, -0.2) is 52.1 Å².